The predicted octanol–water partition coefficient (Wildman–Crippen LogP) is 3.53. The molecule has 2 amide bonds. The summed E-state index contributed by atoms with van der Waals surface area (Å²) in [6.07, 6.45) is 1.72. The molecule has 7 nitrogen and oxygen atoms in total. The van der Waals surface area contributed by atoms with Gasteiger partial charge in [-0.3, -0.25) is 13.9 Å². The summed E-state index contributed by atoms with van der Waals surface area (Å²) in [4.78, 5) is 27.4. The van der Waals surface area contributed by atoms with Crippen molar-refractivity contribution >= 4 is 50.1 Å². The first kappa shape index (κ1) is 27.0. The molecule has 0 aromatic heterocycles. The quantitative estimate of drug-likeness (QED) is 0.430. The molecule has 180 valence electrons. The van der Waals surface area contributed by atoms with Crippen LogP contribution in [0.1, 0.15) is 32.8 Å². The lowest BCUT2D eigenvalue weighted by Crippen LogP contribution is -2.52. The van der Waals surface area contributed by atoms with Gasteiger partial charge in [-0.25, -0.2) is 12.8 Å². The van der Waals surface area contributed by atoms with Gasteiger partial charge in [0.2, 0.25) is 21.8 Å². The summed E-state index contributed by atoms with van der Waals surface area (Å²) in [6.45, 7) is 4.62. The van der Waals surface area contributed by atoms with E-state index < -0.39 is 40.2 Å². The minimum atomic E-state index is -3.80. The van der Waals surface area contributed by atoms with Crippen molar-refractivity contribution in [1.82, 2.24) is 10.2 Å². The van der Waals surface area contributed by atoms with Crippen molar-refractivity contribution in [3.8, 4) is 0 Å². The number of nitrogens with zero attached hydrogens (tertiary/aromatic N) is 2. The molecule has 0 radical (unpaired) electrons. The normalized spacial score (nSPS) is 13.2. The van der Waals surface area contributed by atoms with Crippen molar-refractivity contribution in [2.75, 3.05) is 17.1 Å². The Labute approximate surface area is 208 Å². The summed E-state index contributed by atoms with van der Waals surface area (Å²) < 4.78 is 41.2. The number of benzene rings is 2. The van der Waals surface area contributed by atoms with Crippen molar-refractivity contribution < 1.29 is 22.4 Å². The van der Waals surface area contributed by atoms with E-state index in [0.29, 0.717) is 12.1 Å². The smallest absolute Gasteiger partial charge is 0.244 e. The molecule has 0 saturated heterocycles. The molecular weight excluding hydrogens is 560 g/mol. The Hall–Kier alpha value is -2.21. The van der Waals surface area contributed by atoms with Crippen LogP contribution in [0.2, 0.25) is 0 Å². The minimum Gasteiger partial charge on any atom is -0.352 e. The fraction of sp³-hybridized carbons (Fsp3) is 0.391. The Morgan fingerprint density at radius 2 is 1.70 bits per heavy atom. The summed E-state index contributed by atoms with van der Waals surface area (Å²) in [5, 5.41) is 2.83. The van der Waals surface area contributed by atoms with Crippen LogP contribution in [0.3, 0.4) is 0 Å². The average molecular weight is 589 g/mol. The van der Waals surface area contributed by atoms with Gasteiger partial charge in [-0.2, -0.15) is 0 Å². The maximum absolute atomic E-state index is 14.4. The van der Waals surface area contributed by atoms with Gasteiger partial charge in [-0.05, 0) is 73.2 Å². The molecule has 2 aromatic carbocycles. The van der Waals surface area contributed by atoms with Crippen LogP contribution in [0, 0.1) is 9.39 Å². The molecule has 0 bridgehead atoms. The number of carbonyl (C=O) groups is 2. The Bertz CT molecular complexity index is 1080. The lowest BCUT2D eigenvalue weighted by Gasteiger charge is -2.32. The second kappa shape index (κ2) is 11.8. The lowest BCUT2D eigenvalue weighted by atomic mass is 10.1. The number of amides is 2. The fourth-order valence-corrected chi connectivity index (χ4v) is 4.29. The number of anilines is 1. The van der Waals surface area contributed by atoms with Gasteiger partial charge >= 0.3 is 0 Å². The number of rotatable bonds is 10. The topological polar surface area (TPSA) is 86.8 Å². The van der Waals surface area contributed by atoms with Crippen LogP contribution in [-0.4, -0.2) is 50.0 Å². The SMILES string of the molecule is CC[C@H](C)NC(=O)[C@H](C)N(Cc1ccccc1F)C(=O)CN(c1ccc(I)cc1)S(C)(=O)=O. The van der Waals surface area contributed by atoms with E-state index >= 15 is 0 Å². The van der Waals surface area contributed by atoms with Gasteiger partial charge in [0.15, 0.2) is 0 Å². The maximum Gasteiger partial charge on any atom is 0.244 e. The van der Waals surface area contributed by atoms with Crippen molar-refractivity contribution in [1.29, 1.82) is 0 Å². The third kappa shape index (κ3) is 7.66. The Morgan fingerprint density at radius 1 is 1.09 bits per heavy atom. The van der Waals surface area contributed by atoms with Gasteiger partial charge in [0.1, 0.15) is 18.4 Å². The highest BCUT2D eigenvalue weighted by Gasteiger charge is 2.30. The summed E-state index contributed by atoms with van der Waals surface area (Å²) >= 11 is 2.10. The minimum absolute atomic E-state index is 0.107. The van der Waals surface area contributed by atoms with E-state index in [1.165, 1.54) is 23.1 Å². The van der Waals surface area contributed by atoms with Crippen LogP contribution in [0.5, 0.6) is 0 Å². The van der Waals surface area contributed by atoms with Crippen molar-refractivity contribution in [2.45, 2.75) is 45.8 Å². The molecular formula is C23H29FIN3O4S. The second-order valence-electron chi connectivity index (χ2n) is 7.85. The van der Waals surface area contributed by atoms with E-state index in [2.05, 4.69) is 27.9 Å². The number of hydrogen-bond donors (Lipinski definition) is 1. The standard InChI is InChI=1S/C23H29FIN3O4S/c1-5-16(2)26-23(30)17(3)27(14-18-8-6-7-9-21(18)24)22(29)15-28(33(4,31)32)20-12-10-19(25)11-13-20/h6-13,16-17H,5,14-15H2,1-4H3,(H,26,30)/t16-,17-/m0/s1. The third-order valence-electron chi connectivity index (χ3n) is 5.26. The van der Waals surface area contributed by atoms with Gasteiger partial charge < -0.3 is 10.2 Å². The zero-order valence-electron chi connectivity index (χ0n) is 19.1. The van der Waals surface area contributed by atoms with Crippen LogP contribution < -0.4 is 9.62 Å². The second-order valence-corrected chi connectivity index (χ2v) is 11.0. The molecule has 2 aromatic rings. The molecule has 0 spiro atoms. The zero-order chi connectivity index (χ0) is 24.8. The molecule has 0 aliphatic rings. The van der Waals surface area contributed by atoms with Gasteiger partial charge in [0, 0.05) is 21.7 Å². The first-order chi connectivity index (χ1) is 15.4. The van der Waals surface area contributed by atoms with E-state index in [1.807, 2.05) is 13.8 Å². The summed E-state index contributed by atoms with van der Waals surface area (Å²) in [7, 11) is -3.80. The molecule has 1 N–H and O–H groups in total. The molecule has 2 rings (SSSR count). The number of nitrogens with one attached hydrogen (secondary N) is 1. The van der Waals surface area contributed by atoms with Crippen LogP contribution in [-0.2, 0) is 26.2 Å². The number of hydrogen-bond acceptors (Lipinski definition) is 4. The van der Waals surface area contributed by atoms with E-state index in [4.69, 9.17) is 0 Å². The number of carbonyl (C=O) groups excluding carboxylic acids is 2. The molecule has 0 aliphatic carbocycles. The highest BCUT2D eigenvalue weighted by molar-refractivity contribution is 14.1. The Morgan fingerprint density at radius 3 is 2.24 bits per heavy atom. The molecule has 33 heavy (non-hydrogen) atoms. The van der Waals surface area contributed by atoms with Crippen LogP contribution in [0.25, 0.3) is 0 Å². The number of halogens is 2. The molecule has 0 heterocycles. The van der Waals surface area contributed by atoms with Gasteiger partial charge in [-0.15, -0.1) is 0 Å². The summed E-state index contributed by atoms with van der Waals surface area (Å²) in [6, 6.07) is 11.6. The van der Waals surface area contributed by atoms with Crippen molar-refractivity contribution in [2.24, 2.45) is 0 Å². The molecule has 0 unspecified atom stereocenters. The molecule has 0 saturated carbocycles. The van der Waals surface area contributed by atoms with Gasteiger partial charge in [0.25, 0.3) is 0 Å². The van der Waals surface area contributed by atoms with Crippen molar-refractivity contribution in [3.63, 3.8) is 0 Å². The zero-order valence-corrected chi connectivity index (χ0v) is 22.1. The third-order valence-corrected chi connectivity index (χ3v) is 7.12. The van der Waals surface area contributed by atoms with Crippen LogP contribution in [0.15, 0.2) is 48.5 Å². The molecule has 0 fully saturated rings. The van der Waals surface area contributed by atoms with Gasteiger partial charge in [-0.1, -0.05) is 25.1 Å². The highest BCUT2D eigenvalue weighted by atomic mass is 127. The number of sulfonamides is 1. The molecule has 2 atom stereocenters. The van der Waals surface area contributed by atoms with E-state index in [9.17, 15) is 22.4 Å². The predicted molar refractivity (Wildman–Crippen MR) is 136 cm³/mol. The Balaban J connectivity index is 2.39. The highest BCUT2D eigenvalue weighted by Crippen LogP contribution is 2.21. The van der Waals surface area contributed by atoms with E-state index in [-0.39, 0.29) is 18.2 Å². The Kier molecular flexibility index (Phi) is 9.65. The van der Waals surface area contributed by atoms with E-state index in [0.717, 1.165) is 14.1 Å². The largest absolute Gasteiger partial charge is 0.352 e. The first-order valence-electron chi connectivity index (χ1n) is 10.5. The van der Waals surface area contributed by atoms with Crippen LogP contribution in [0.4, 0.5) is 10.1 Å². The van der Waals surface area contributed by atoms with Crippen molar-refractivity contribution in [3.05, 3.63) is 63.5 Å². The molecule has 0 aliphatic heterocycles. The van der Waals surface area contributed by atoms with E-state index in [1.54, 1.807) is 37.3 Å². The first-order valence-corrected chi connectivity index (χ1v) is 13.4. The summed E-state index contributed by atoms with van der Waals surface area (Å²) in [5.74, 6) is -1.52. The lowest BCUT2D eigenvalue weighted by molar-refractivity contribution is -0.139. The molecule has 10 heteroatoms. The fourth-order valence-electron chi connectivity index (χ4n) is 3.08. The monoisotopic (exact) mass is 589 g/mol. The van der Waals surface area contributed by atoms with Gasteiger partial charge in [0.05, 0.1) is 11.9 Å². The average Bonchev–Trinajstić information content (AvgIpc) is 2.76. The summed E-state index contributed by atoms with van der Waals surface area (Å²) in [5.41, 5.74) is 0.558. The van der Waals surface area contributed by atoms with Crippen LogP contribution >= 0.6 is 22.6 Å². The maximum atomic E-state index is 14.4.